The summed E-state index contributed by atoms with van der Waals surface area (Å²) in [7, 11) is -1.56. The molecule has 1 saturated heterocycles. The zero-order chi connectivity index (χ0) is 17.9. The van der Waals surface area contributed by atoms with Crippen LogP contribution in [0.1, 0.15) is 42.6 Å². The fourth-order valence-electron chi connectivity index (χ4n) is 2.85. The van der Waals surface area contributed by atoms with Gasteiger partial charge in [0.05, 0.1) is 12.9 Å². The highest BCUT2D eigenvalue weighted by molar-refractivity contribution is 7.89. The average Bonchev–Trinajstić information content (AvgIpc) is 2.60. The van der Waals surface area contributed by atoms with Crippen molar-refractivity contribution < 1.29 is 17.9 Å². The van der Waals surface area contributed by atoms with E-state index in [4.69, 9.17) is 4.74 Å². The molecule has 6 nitrogen and oxygen atoms in total. The lowest BCUT2D eigenvalue weighted by Gasteiger charge is -2.34. The van der Waals surface area contributed by atoms with Crippen molar-refractivity contribution in [3.05, 3.63) is 29.3 Å². The zero-order valence-electron chi connectivity index (χ0n) is 14.8. The second-order valence-electron chi connectivity index (χ2n) is 6.20. The minimum atomic E-state index is -3.18. The second kappa shape index (κ2) is 7.53. The summed E-state index contributed by atoms with van der Waals surface area (Å²) in [5.41, 5.74) is 1.61. The Morgan fingerprint density at radius 2 is 1.83 bits per heavy atom. The van der Waals surface area contributed by atoms with Gasteiger partial charge in [-0.25, -0.2) is 8.42 Å². The first kappa shape index (κ1) is 18.7. The fourth-order valence-corrected chi connectivity index (χ4v) is 3.94. The molecule has 0 aromatic heterocycles. The molecule has 7 heteroatoms. The van der Waals surface area contributed by atoms with Crippen LogP contribution in [0, 0.1) is 0 Å². The van der Waals surface area contributed by atoms with Gasteiger partial charge in [-0.3, -0.25) is 4.79 Å². The molecule has 1 aromatic rings. The molecule has 1 amide bonds. The van der Waals surface area contributed by atoms with Gasteiger partial charge in [0.1, 0.15) is 5.75 Å². The molecule has 0 aliphatic carbocycles. The quantitative estimate of drug-likeness (QED) is 0.810. The molecule has 1 aliphatic heterocycles. The van der Waals surface area contributed by atoms with Crippen molar-refractivity contribution >= 4 is 15.9 Å². The SMILES string of the molecule is CCS(=O)(=O)N1CCN(C(=O)c2ccc(OC)c(C(C)C)c2)CC1. The van der Waals surface area contributed by atoms with Crippen LogP contribution in [0.25, 0.3) is 0 Å². The van der Waals surface area contributed by atoms with E-state index < -0.39 is 10.0 Å². The van der Waals surface area contributed by atoms with Crippen LogP contribution in [0.4, 0.5) is 0 Å². The number of benzene rings is 1. The van der Waals surface area contributed by atoms with Crippen molar-refractivity contribution in [3.8, 4) is 5.75 Å². The summed E-state index contributed by atoms with van der Waals surface area (Å²) in [6, 6.07) is 5.46. The van der Waals surface area contributed by atoms with Crippen molar-refractivity contribution in [2.45, 2.75) is 26.7 Å². The van der Waals surface area contributed by atoms with Crippen LogP contribution < -0.4 is 4.74 Å². The van der Waals surface area contributed by atoms with Gasteiger partial charge >= 0.3 is 0 Å². The highest BCUT2D eigenvalue weighted by Gasteiger charge is 2.28. The number of nitrogens with zero attached hydrogens (tertiary/aromatic N) is 2. The smallest absolute Gasteiger partial charge is 0.253 e. The molecule has 1 aliphatic rings. The number of piperazine rings is 1. The third-order valence-corrected chi connectivity index (χ3v) is 6.26. The number of carbonyl (C=O) groups is 1. The van der Waals surface area contributed by atoms with Gasteiger partial charge in [-0.1, -0.05) is 13.8 Å². The normalized spacial score (nSPS) is 16.5. The van der Waals surface area contributed by atoms with E-state index in [9.17, 15) is 13.2 Å². The maximum atomic E-state index is 12.7. The molecule has 0 radical (unpaired) electrons. The Bertz CT molecular complexity index is 693. The summed E-state index contributed by atoms with van der Waals surface area (Å²) in [5, 5.41) is 0. The van der Waals surface area contributed by atoms with Gasteiger partial charge < -0.3 is 9.64 Å². The molecule has 0 N–H and O–H groups in total. The third kappa shape index (κ3) is 3.89. The molecule has 2 rings (SSSR count). The summed E-state index contributed by atoms with van der Waals surface area (Å²) in [6.07, 6.45) is 0. The Morgan fingerprint density at radius 3 is 2.33 bits per heavy atom. The first-order valence-corrected chi connectivity index (χ1v) is 9.86. The van der Waals surface area contributed by atoms with Crippen LogP contribution in [0.15, 0.2) is 18.2 Å². The monoisotopic (exact) mass is 354 g/mol. The maximum absolute atomic E-state index is 12.7. The lowest BCUT2D eigenvalue weighted by atomic mass is 9.99. The highest BCUT2D eigenvalue weighted by atomic mass is 32.2. The molecule has 1 aromatic carbocycles. The number of ether oxygens (including phenoxy) is 1. The molecular weight excluding hydrogens is 328 g/mol. The Morgan fingerprint density at radius 1 is 1.21 bits per heavy atom. The first-order chi connectivity index (χ1) is 11.3. The molecule has 24 heavy (non-hydrogen) atoms. The Labute approximate surface area is 144 Å². The number of amides is 1. The highest BCUT2D eigenvalue weighted by Crippen LogP contribution is 2.28. The lowest BCUT2D eigenvalue weighted by Crippen LogP contribution is -2.50. The molecule has 0 spiro atoms. The summed E-state index contributed by atoms with van der Waals surface area (Å²) in [4.78, 5) is 14.4. The van der Waals surface area contributed by atoms with Gasteiger partial charge in [-0.05, 0) is 36.6 Å². The Kier molecular flexibility index (Phi) is 5.87. The van der Waals surface area contributed by atoms with E-state index in [1.807, 2.05) is 12.1 Å². The fraction of sp³-hybridized carbons (Fsp3) is 0.588. The van der Waals surface area contributed by atoms with E-state index in [1.165, 1.54) is 4.31 Å². The van der Waals surface area contributed by atoms with E-state index in [0.717, 1.165) is 11.3 Å². The molecular formula is C17H26N2O4S. The van der Waals surface area contributed by atoms with Gasteiger partial charge in [0.25, 0.3) is 5.91 Å². The van der Waals surface area contributed by atoms with E-state index in [-0.39, 0.29) is 17.6 Å². The van der Waals surface area contributed by atoms with E-state index in [0.29, 0.717) is 31.7 Å². The molecule has 1 fully saturated rings. The van der Waals surface area contributed by atoms with Crippen LogP contribution in [-0.4, -0.2) is 62.6 Å². The Hall–Kier alpha value is -1.60. The molecule has 0 saturated carbocycles. The van der Waals surface area contributed by atoms with Crippen molar-refractivity contribution in [1.29, 1.82) is 0 Å². The maximum Gasteiger partial charge on any atom is 0.253 e. The number of carbonyl (C=O) groups excluding carboxylic acids is 1. The minimum absolute atomic E-state index is 0.0619. The van der Waals surface area contributed by atoms with Crippen molar-refractivity contribution in [3.63, 3.8) is 0 Å². The van der Waals surface area contributed by atoms with Gasteiger partial charge in [0, 0.05) is 31.7 Å². The average molecular weight is 354 g/mol. The van der Waals surface area contributed by atoms with Crippen LogP contribution in [0.2, 0.25) is 0 Å². The third-order valence-electron chi connectivity index (χ3n) is 4.38. The summed E-state index contributed by atoms with van der Waals surface area (Å²) < 4.78 is 30.6. The predicted octanol–water partition coefficient (Wildman–Crippen LogP) is 1.93. The van der Waals surface area contributed by atoms with Crippen LogP contribution in [-0.2, 0) is 10.0 Å². The van der Waals surface area contributed by atoms with Gasteiger partial charge in [-0.2, -0.15) is 4.31 Å². The van der Waals surface area contributed by atoms with E-state index in [2.05, 4.69) is 13.8 Å². The zero-order valence-corrected chi connectivity index (χ0v) is 15.6. The topological polar surface area (TPSA) is 66.9 Å². The second-order valence-corrected chi connectivity index (χ2v) is 8.46. The van der Waals surface area contributed by atoms with E-state index >= 15 is 0 Å². The summed E-state index contributed by atoms with van der Waals surface area (Å²) in [5.74, 6) is 1.06. The number of rotatable bonds is 5. The van der Waals surface area contributed by atoms with Crippen LogP contribution in [0.3, 0.4) is 0 Å². The molecule has 0 atom stereocenters. The van der Waals surface area contributed by atoms with Crippen molar-refractivity contribution in [2.75, 3.05) is 39.0 Å². The number of hydrogen-bond acceptors (Lipinski definition) is 4. The van der Waals surface area contributed by atoms with Crippen molar-refractivity contribution in [2.24, 2.45) is 0 Å². The van der Waals surface area contributed by atoms with Gasteiger partial charge in [0.2, 0.25) is 10.0 Å². The van der Waals surface area contributed by atoms with Crippen LogP contribution in [0.5, 0.6) is 5.75 Å². The van der Waals surface area contributed by atoms with Crippen LogP contribution >= 0.6 is 0 Å². The lowest BCUT2D eigenvalue weighted by molar-refractivity contribution is 0.0698. The summed E-state index contributed by atoms with van der Waals surface area (Å²) in [6.45, 7) is 7.30. The van der Waals surface area contributed by atoms with Gasteiger partial charge in [-0.15, -0.1) is 0 Å². The number of sulfonamides is 1. The van der Waals surface area contributed by atoms with Gasteiger partial charge in [0.15, 0.2) is 0 Å². The number of hydrogen-bond donors (Lipinski definition) is 0. The number of methoxy groups -OCH3 is 1. The first-order valence-electron chi connectivity index (χ1n) is 8.25. The molecule has 1 heterocycles. The summed E-state index contributed by atoms with van der Waals surface area (Å²) >= 11 is 0. The standard InChI is InChI=1S/C17H26N2O4S/c1-5-24(21,22)19-10-8-18(9-11-19)17(20)14-6-7-16(23-4)15(12-14)13(2)3/h6-7,12-13H,5,8-11H2,1-4H3. The molecule has 0 unspecified atom stereocenters. The molecule has 134 valence electrons. The Balaban J connectivity index is 2.12. The molecule has 0 bridgehead atoms. The minimum Gasteiger partial charge on any atom is -0.496 e. The predicted molar refractivity (Wildman–Crippen MR) is 94.0 cm³/mol. The van der Waals surface area contributed by atoms with Crippen molar-refractivity contribution in [1.82, 2.24) is 9.21 Å². The largest absolute Gasteiger partial charge is 0.496 e. The van der Waals surface area contributed by atoms with E-state index in [1.54, 1.807) is 25.0 Å².